The van der Waals surface area contributed by atoms with Crippen molar-refractivity contribution in [1.29, 1.82) is 0 Å². The first-order valence-corrected chi connectivity index (χ1v) is 25.2. The van der Waals surface area contributed by atoms with Crippen molar-refractivity contribution in [1.82, 2.24) is 4.90 Å². The van der Waals surface area contributed by atoms with Crippen LogP contribution in [0.1, 0.15) is 181 Å². The molecule has 9 atom stereocenters. The number of Topliss-reactive ketones (excluding diaryl/α,β-unsaturated/α-hetero) is 1. The van der Waals surface area contributed by atoms with Crippen molar-refractivity contribution in [3.63, 3.8) is 0 Å². The van der Waals surface area contributed by atoms with Crippen LogP contribution in [0.25, 0.3) is 0 Å². The molecule has 368 valence electrons. The van der Waals surface area contributed by atoms with Crippen LogP contribution in [0.5, 0.6) is 0 Å². The molecule has 5 aliphatic carbocycles. The van der Waals surface area contributed by atoms with Crippen molar-refractivity contribution in [3.8, 4) is 0 Å². The van der Waals surface area contributed by atoms with Gasteiger partial charge in [0.25, 0.3) is 0 Å². The standard InChI is InChI=1S/C55H82ClNO9/c1-33(2)44-38(59)29-55(42(63-34(3)58)32-57(47(62)66-49(7,8)9)31-35-17-19-36(56)20-18-35)28-27-53(15)37(45(44)55)21-22-40-52(14)25-24-41(51(12,13)39(52)23-26-54(40,53)16)64-43(60)30-50(10,11)46(61)65-48(4,5)6/h17-20,33,37,39-42H,21-32H2,1-16H3/t37-,39+,40-,41+,42+,52+,53-,54-,55+/m1/s1. The van der Waals surface area contributed by atoms with Crippen LogP contribution in [0.15, 0.2) is 35.4 Å². The van der Waals surface area contributed by atoms with Gasteiger partial charge in [-0.2, -0.15) is 0 Å². The molecular weight excluding hydrogens is 854 g/mol. The van der Waals surface area contributed by atoms with Crippen LogP contribution in [0.2, 0.25) is 5.02 Å². The van der Waals surface area contributed by atoms with E-state index in [-0.39, 0.29) is 77.3 Å². The smallest absolute Gasteiger partial charge is 0.410 e. The Kier molecular flexibility index (Phi) is 14.1. The highest BCUT2D eigenvalue weighted by Crippen LogP contribution is 2.77. The molecule has 4 saturated carbocycles. The minimum atomic E-state index is -1.02. The summed E-state index contributed by atoms with van der Waals surface area (Å²) in [4.78, 5) is 70.4. The number of allylic oxidation sites excluding steroid dienone is 1. The molecule has 11 heteroatoms. The van der Waals surface area contributed by atoms with Gasteiger partial charge in [0.2, 0.25) is 0 Å². The van der Waals surface area contributed by atoms with E-state index >= 15 is 0 Å². The fourth-order valence-corrected chi connectivity index (χ4v) is 14.5. The van der Waals surface area contributed by atoms with Crippen molar-refractivity contribution in [2.24, 2.45) is 56.2 Å². The zero-order valence-corrected chi connectivity index (χ0v) is 44.0. The average Bonchev–Trinajstić information content (AvgIpc) is 3.48. The van der Waals surface area contributed by atoms with Gasteiger partial charge in [0.05, 0.1) is 18.4 Å². The monoisotopic (exact) mass is 936 g/mol. The third-order valence-electron chi connectivity index (χ3n) is 17.5. The van der Waals surface area contributed by atoms with Gasteiger partial charge < -0.3 is 23.8 Å². The fraction of sp³-hybridized carbons (Fsp3) is 0.764. The predicted molar refractivity (Wildman–Crippen MR) is 257 cm³/mol. The molecule has 6 rings (SSSR count). The minimum absolute atomic E-state index is 0.0195. The molecule has 0 unspecified atom stereocenters. The van der Waals surface area contributed by atoms with Crippen molar-refractivity contribution in [2.75, 3.05) is 6.54 Å². The van der Waals surface area contributed by atoms with Gasteiger partial charge >= 0.3 is 24.0 Å². The second kappa shape index (κ2) is 17.8. The summed E-state index contributed by atoms with van der Waals surface area (Å²) in [6.45, 7) is 32.5. The van der Waals surface area contributed by atoms with Gasteiger partial charge in [-0.15, -0.1) is 0 Å². The van der Waals surface area contributed by atoms with E-state index in [1.54, 1.807) is 30.9 Å². The summed E-state index contributed by atoms with van der Waals surface area (Å²) in [5.74, 6) is -0.338. The highest BCUT2D eigenvalue weighted by atomic mass is 35.5. The molecular formula is C55H82ClNO9. The number of rotatable bonds is 11. The normalized spacial score (nSPS) is 32.3. The summed E-state index contributed by atoms with van der Waals surface area (Å²) in [7, 11) is 0. The Labute approximate surface area is 401 Å². The Bertz CT molecular complexity index is 2090. The first-order valence-electron chi connectivity index (χ1n) is 24.8. The number of fused-ring (bicyclic) bond motifs is 7. The first kappa shape index (κ1) is 52.0. The molecule has 1 aromatic carbocycles. The average molecular weight is 937 g/mol. The van der Waals surface area contributed by atoms with E-state index in [0.29, 0.717) is 23.3 Å². The van der Waals surface area contributed by atoms with Gasteiger partial charge in [-0.3, -0.25) is 19.2 Å². The lowest BCUT2D eigenvalue weighted by Gasteiger charge is -2.72. The molecule has 0 bridgehead atoms. The molecule has 0 radical (unpaired) electrons. The molecule has 66 heavy (non-hydrogen) atoms. The molecule has 5 aliphatic rings. The van der Waals surface area contributed by atoms with Gasteiger partial charge in [0.1, 0.15) is 23.4 Å². The molecule has 10 nitrogen and oxygen atoms in total. The second-order valence-corrected chi connectivity index (χ2v) is 25.8. The first-order chi connectivity index (χ1) is 30.2. The maximum Gasteiger partial charge on any atom is 0.410 e. The zero-order valence-electron chi connectivity index (χ0n) is 43.3. The second-order valence-electron chi connectivity index (χ2n) is 25.3. The maximum atomic E-state index is 14.7. The summed E-state index contributed by atoms with van der Waals surface area (Å²) in [5, 5.41) is 0.589. The van der Waals surface area contributed by atoms with Gasteiger partial charge in [-0.25, -0.2) is 4.79 Å². The van der Waals surface area contributed by atoms with E-state index in [9.17, 15) is 24.0 Å². The van der Waals surface area contributed by atoms with E-state index in [1.165, 1.54) is 6.92 Å². The summed E-state index contributed by atoms with van der Waals surface area (Å²) >= 11 is 6.26. The third-order valence-corrected chi connectivity index (χ3v) is 17.7. The van der Waals surface area contributed by atoms with Crippen LogP contribution in [0.3, 0.4) is 0 Å². The number of hydrogen-bond donors (Lipinski definition) is 0. The van der Waals surface area contributed by atoms with Crippen LogP contribution in [0, 0.1) is 56.2 Å². The van der Waals surface area contributed by atoms with Crippen molar-refractivity contribution >= 4 is 41.4 Å². The lowest BCUT2D eigenvalue weighted by Crippen LogP contribution is -2.66. The van der Waals surface area contributed by atoms with E-state index in [4.69, 9.17) is 30.5 Å². The van der Waals surface area contributed by atoms with Crippen LogP contribution in [0.4, 0.5) is 4.79 Å². The summed E-state index contributed by atoms with van der Waals surface area (Å²) in [5.41, 5.74) is -0.866. The van der Waals surface area contributed by atoms with Gasteiger partial charge in [0.15, 0.2) is 5.78 Å². The van der Waals surface area contributed by atoms with E-state index in [2.05, 4.69) is 48.5 Å². The number of amides is 1. The molecule has 0 N–H and O–H groups in total. The van der Waals surface area contributed by atoms with Crippen molar-refractivity contribution < 1.29 is 42.9 Å². The number of ether oxygens (including phenoxy) is 4. The molecule has 1 amide bonds. The molecule has 4 fully saturated rings. The van der Waals surface area contributed by atoms with Crippen LogP contribution in [-0.2, 0) is 44.7 Å². The Morgan fingerprint density at radius 3 is 1.98 bits per heavy atom. The summed E-state index contributed by atoms with van der Waals surface area (Å²) in [6, 6.07) is 7.36. The number of halogens is 1. The number of nitrogens with zero attached hydrogens (tertiary/aromatic N) is 1. The Morgan fingerprint density at radius 2 is 1.41 bits per heavy atom. The van der Waals surface area contributed by atoms with Gasteiger partial charge in [0, 0.05) is 35.7 Å². The fourth-order valence-electron chi connectivity index (χ4n) is 14.4. The zero-order chi connectivity index (χ0) is 49.4. The van der Waals surface area contributed by atoms with Crippen LogP contribution >= 0.6 is 11.6 Å². The number of ketones is 1. The number of hydrogen-bond acceptors (Lipinski definition) is 9. The lowest BCUT2D eigenvalue weighted by atomic mass is 9.33. The minimum Gasteiger partial charge on any atom is -0.462 e. The number of esters is 3. The highest BCUT2D eigenvalue weighted by Gasteiger charge is 2.71. The predicted octanol–water partition coefficient (Wildman–Crippen LogP) is 12.7. The lowest BCUT2D eigenvalue weighted by molar-refractivity contribution is -0.235. The SMILES string of the molecule is CC(=O)O[C@@H](CN(Cc1ccc(Cl)cc1)C(=O)OC(C)(C)C)[C@@]12CC[C@]3(C)[C@H](CC[C@@H]4[C@@]5(C)CC[C@H](OC(=O)CC(C)(C)C(=O)OC(C)(C)C)C(C)(C)[C@@H]5CC[C@]43C)C1=C(C(C)C)C(=O)C2. The Balaban J connectivity index is 1.32. The topological polar surface area (TPSA) is 126 Å². The van der Waals surface area contributed by atoms with E-state index < -0.39 is 46.2 Å². The Morgan fingerprint density at radius 1 is 0.788 bits per heavy atom. The molecule has 1 aromatic rings. The molecule has 0 heterocycles. The van der Waals surface area contributed by atoms with Crippen LogP contribution < -0.4 is 0 Å². The van der Waals surface area contributed by atoms with Crippen LogP contribution in [-0.4, -0.2) is 64.6 Å². The number of benzene rings is 1. The molecule has 0 saturated heterocycles. The summed E-state index contributed by atoms with van der Waals surface area (Å²) < 4.78 is 24.5. The quantitative estimate of drug-likeness (QED) is 0.157. The third kappa shape index (κ3) is 9.62. The summed E-state index contributed by atoms with van der Waals surface area (Å²) in [6.07, 6.45) is 5.72. The molecule has 0 spiro atoms. The molecule has 0 aliphatic heterocycles. The largest absolute Gasteiger partial charge is 0.462 e. The highest BCUT2D eigenvalue weighted by molar-refractivity contribution is 6.30. The van der Waals surface area contributed by atoms with Gasteiger partial charge in [-0.05, 0) is 176 Å². The number of carbonyl (C=O) groups is 5. The maximum absolute atomic E-state index is 14.7. The van der Waals surface area contributed by atoms with E-state index in [1.807, 2.05) is 53.7 Å². The molecule has 0 aromatic heterocycles. The van der Waals surface area contributed by atoms with E-state index in [0.717, 1.165) is 61.7 Å². The number of carbonyl (C=O) groups excluding carboxylic acids is 5. The Hall–Kier alpha value is -3.40. The van der Waals surface area contributed by atoms with Crippen molar-refractivity contribution in [2.45, 2.75) is 205 Å². The van der Waals surface area contributed by atoms with Crippen molar-refractivity contribution in [3.05, 3.63) is 46.0 Å². The van der Waals surface area contributed by atoms with Gasteiger partial charge in [-0.1, -0.05) is 72.2 Å².